The van der Waals surface area contributed by atoms with Crippen molar-refractivity contribution in [3.63, 3.8) is 0 Å². The van der Waals surface area contributed by atoms with Gasteiger partial charge in [0.15, 0.2) is 0 Å². The molecule has 0 saturated carbocycles. The second kappa shape index (κ2) is 5.02. The molecule has 2 rings (SSSR count). The van der Waals surface area contributed by atoms with Crippen LogP contribution in [-0.4, -0.2) is 35.9 Å². The summed E-state index contributed by atoms with van der Waals surface area (Å²) in [7, 11) is 2.03. The highest BCUT2D eigenvalue weighted by Gasteiger charge is 2.28. The number of hydrogen-bond donors (Lipinski definition) is 1. The number of pyridine rings is 1. The third kappa shape index (κ3) is 2.58. The van der Waals surface area contributed by atoms with Crippen LogP contribution in [0.5, 0.6) is 0 Å². The number of ether oxygens (including phenoxy) is 1. The minimum atomic E-state index is -0.456. The standard InChI is InChI=1S/C13H20N2O2/c1-9(16)11-4-6-14-13(8-11)15(3)12-5-7-17-10(12)2/h4,6,8-10,12,16H,5,7H2,1-3H3. The summed E-state index contributed by atoms with van der Waals surface area (Å²) in [5, 5.41) is 9.58. The van der Waals surface area contributed by atoms with E-state index in [0.717, 1.165) is 24.4 Å². The summed E-state index contributed by atoms with van der Waals surface area (Å²) in [5.41, 5.74) is 0.897. The van der Waals surface area contributed by atoms with Crippen molar-refractivity contribution in [1.29, 1.82) is 0 Å². The van der Waals surface area contributed by atoms with Crippen LogP contribution in [-0.2, 0) is 4.74 Å². The molecule has 0 aliphatic carbocycles. The van der Waals surface area contributed by atoms with Gasteiger partial charge in [0.1, 0.15) is 5.82 Å². The van der Waals surface area contributed by atoms with Gasteiger partial charge < -0.3 is 14.7 Å². The molecule has 4 heteroatoms. The number of aromatic nitrogens is 1. The number of rotatable bonds is 3. The molecule has 0 spiro atoms. The molecule has 17 heavy (non-hydrogen) atoms. The molecule has 1 aliphatic heterocycles. The summed E-state index contributed by atoms with van der Waals surface area (Å²) in [6.07, 6.45) is 2.55. The number of anilines is 1. The van der Waals surface area contributed by atoms with Crippen molar-refractivity contribution in [3.05, 3.63) is 23.9 Å². The van der Waals surface area contributed by atoms with Crippen molar-refractivity contribution in [2.24, 2.45) is 0 Å². The number of hydrogen-bond acceptors (Lipinski definition) is 4. The van der Waals surface area contributed by atoms with Crippen molar-refractivity contribution >= 4 is 5.82 Å². The number of likely N-dealkylation sites (N-methyl/N-ethyl adjacent to an activating group) is 1. The highest BCUT2D eigenvalue weighted by Crippen LogP contribution is 2.24. The number of nitrogens with zero attached hydrogens (tertiary/aromatic N) is 2. The van der Waals surface area contributed by atoms with E-state index in [9.17, 15) is 5.11 Å². The average Bonchev–Trinajstić information content (AvgIpc) is 2.74. The Morgan fingerprint density at radius 3 is 2.94 bits per heavy atom. The van der Waals surface area contributed by atoms with Gasteiger partial charge in [-0.2, -0.15) is 0 Å². The summed E-state index contributed by atoms with van der Waals surface area (Å²) in [5.74, 6) is 0.894. The molecule has 1 aliphatic rings. The zero-order chi connectivity index (χ0) is 12.4. The molecule has 0 aromatic carbocycles. The Morgan fingerprint density at radius 1 is 1.59 bits per heavy atom. The van der Waals surface area contributed by atoms with Crippen molar-refractivity contribution < 1.29 is 9.84 Å². The molecule has 1 fully saturated rings. The van der Waals surface area contributed by atoms with E-state index < -0.39 is 6.10 Å². The predicted octanol–water partition coefficient (Wildman–Crippen LogP) is 1.75. The Bertz CT molecular complexity index is 381. The summed E-state index contributed by atoms with van der Waals surface area (Å²) in [4.78, 5) is 6.50. The molecule has 1 aromatic heterocycles. The zero-order valence-electron chi connectivity index (χ0n) is 10.6. The van der Waals surface area contributed by atoms with E-state index in [1.807, 2.05) is 19.2 Å². The van der Waals surface area contributed by atoms with E-state index in [2.05, 4.69) is 16.8 Å². The normalized spacial score (nSPS) is 25.9. The number of aliphatic hydroxyl groups excluding tert-OH is 1. The molecule has 4 nitrogen and oxygen atoms in total. The Kier molecular flexibility index (Phi) is 3.64. The lowest BCUT2D eigenvalue weighted by atomic mass is 10.1. The van der Waals surface area contributed by atoms with Gasteiger partial charge in [0.05, 0.1) is 18.2 Å². The third-order valence-corrected chi connectivity index (χ3v) is 3.45. The van der Waals surface area contributed by atoms with E-state index in [4.69, 9.17) is 4.74 Å². The van der Waals surface area contributed by atoms with Gasteiger partial charge in [-0.05, 0) is 38.0 Å². The second-order valence-electron chi connectivity index (χ2n) is 4.67. The maximum absolute atomic E-state index is 9.58. The van der Waals surface area contributed by atoms with Crippen LogP contribution in [0, 0.1) is 0 Å². The highest BCUT2D eigenvalue weighted by molar-refractivity contribution is 5.42. The fourth-order valence-corrected chi connectivity index (χ4v) is 2.29. The molecular weight excluding hydrogens is 216 g/mol. The largest absolute Gasteiger partial charge is 0.389 e. The van der Waals surface area contributed by atoms with Crippen molar-refractivity contribution in [3.8, 4) is 0 Å². The van der Waals surface area contributed by atoms with Gasteiger partial charge in [0.2, 0.25) is 0 Å². The molecule has 1 N–H and O–H groups in total. The molecule has 0 amide bonds. The van der Waals surface area contributed by atoms with Gasteiger partial charge in [0.25, 0.3) is 0 Å². The van der Waals surface area contributed by atoms with Crippen LogP contribution in [0.2, 0.25) is 0 Å². The Balaban J connectivity index is 2.18. The molecule has 0 bridgehead atoms. The molecule has 0 radical (unpaired) electrons. The van der Waals surface area contributed by atoms with Gasteiger partial charge >= 0.3 is 0 Å². The predicted molar refractivity (Wildman–Crippen MR) is 67.1 cm³/mol. The molecule has 2 heterocycles. The first-order valence-corrected chi connectivity index (χ1v) is 6.08. The smallest absolute Gasteiger partial charge is 0.128 e. The van der Waals surface area contributed by atoms with E-state index in [0.29, 0.717) is 6.04 Å². The van der Waals surface area contributed by atoms with Crippen molar-refractivity contribution in [1.82, 2.24) is 4.98 Å². The summed E-state index contributed by atoms with van der Waals surface area (Å²) >= 11 is 0. The van der Waals surface area contributed by atoms with Crippen LogP contribution in [0.1, 0.15) is 31.9 Å². The Labute approximate surface area is 102 Å². The molecule has 3 atom stereocenters. The van der Waals surface area contributed by atoms with Crippen molar-refractivity contribution in [2.75, 3.05) is 18.6 Å². The minimum Gasteiger partial charge on any atom is -0.389 e. The zero-order valence-corrected chi connectivity index (χ0v) is 10.6. The molecule has 94 valence electrons. The first kappa shape index (κ1) is 12.3. The lowest BCUT2D eigenvalue weighted by molar-refractivity contribution is 0.118. The number of aliphatic hydroxyl groups is 1. The average molecular weight is 236 g/mol. The van der Waals surface area contributed by atoms with Crippen LogP contribution < -0.4 is 4.90 Å². The minimum absolute atomic E-state index is 0.233. The fourth-order valence-electron chi connectivity index (χ4n) is 2.29. The van der Waals surface area contributed by atoms with Crippen LogP contribution in [0.3, 0.4) is 0 Å². The maximum Gasteiger partial charge on any atom is 0.128 e. The Morgan fingerprint density at radius 2 is 2.35 bits per heavy atom. The molecule has 1 saturated heterocycles. The first-order valence-electron chi connectivity index (χ1n) is 6.08. The monoisotopic (exact) mass is 236 g/mol. The molecule has 1 aromatic rings. The SMILES string of the molecule is CC(O)c1ccnc(N(C)C2CCOC2C)c1. The van der Waals surface area contributed by atoms with Gasteiger partial charge in [-0.25, -0.2) is 4.98 Å². The van der Waals surface area contributed by atoms with Gasteiger partial charge in [-0.1, -0.05) is 0 Å². The van der Waals surface area contributed by atoms with Crippen LogP contribution in [0.25, 0.3) is 0 Å². The highest BCUT2D eigenvalue weighted by atomic mass is 16.5. The van der Waals surface area contributed by atoms with Crippen LogP contribution >= 0.6 is 0 Å². The third-order valence-electron chi connectivity index (χ3n) is 3.45. The topological polar surface area (TPSA) is 45.6 Å². The summed E-state index contributed by atoms with van der Waals surface area (Å²) in [6, 6.07) is 4.15. The molecular formula is C13H20N2O2. The second-order valence-corrected chi connectivity index (χ2v) is 4.67. The van der Waals surface area contributed by atoms with Gasteiger partial charge in [-0.3, -0.25) is 0 Å². The first-order chi connectivity index (χ1) is 8.09. The van der Waals surface area contributed by atoms with Crippen LogP contribution in [0.4, 0.5) is 5.82 Å². The van der Waals surface area contributed by atoms with E-state index in [-0.39, 0.29) is 6.10 Å². The van der Waals surface area contributed by atoms with Gasteiger partial charge in [-0.15, -0.1) is 0 Å². The fraction of sp³-hybridized carbons (Fsp3) is 0.615. The Hall–Kier alpha value is -1.13. The summed E-state index contributed by atoms with van der Waals surface area (Å²) in [6.45, 7) is 4.67. The lowest BCUT2D eigenvalue weighted by Gasteiger charge is -2.28. The van der Waals surface area contributed by atoms with E-state index in [1.165, 1.54) is 0 Å². The van der Waals surface area contributed by atoms with Crippen molar-refractivity contribution in [2.45, 2.75) is 38.5 Å². The summed E-state index contributed by atoms with van der Waals surface area (Å²) < 4.78 is 5.57. The van der Waals surface area contributed by atoms with Gasteiger partial charge in [0, 0.05) is 19.9 Å². The van der Waals surface area contributed by atoms with Crippen LogP contribution in [0.15, 0.2) is 18.3 Å². The quantitative estimate of drug-likeness (QED) is 0.868. The van der Waals surface area contributed by atoms with E-state index in [1.54, 1.807) is 13.1 Å². The maximum atomic E-state index is 9.58. The van der Waals surface area contributed by atoms with E-state index >= 15 is 0 Å². The lowest BCUT2D eigenvalue weighted by Crippen LogP contribution is -2.37. The molecule has 3 unspecified atom stereocenters.